The molecule has 0 aliphatic rings. The Hall–Kier alpha value is -3.27. The third kappa shape index (κ3) is 7.96. The molecule has 0 radical (unpaired) electrons. The lowest BCUT2D eigenvalue weighted by Gasteiger charge is -2.32. The zero-order valence-corrected chi connectivity index (χ0v) is 26.8. The predicted molar refractivity (Wildman–Crippen MR) is 168 cm³/mol. The van der Waals surface area contributed by atoms with Gasteiger partial charge in [0.25, 0.3) is 10.0 Å². The summed E-state index contributed by atoms with van der Waals surface area (Å²) in [5.41, 5.74) is 2.30. The molecule has 3 rings (SSSR count). The molecular weight excluding hydrogens is 597 g/mol. The highest BCUT2D eigenvalue weighted by atomic mass is 35.5. The molecule has 0 heterocycles. The van der Waals surface area contributed by atoms with Crippen molar-refractivity contribution in [3.05, 3.63) is 87.4 Å². The topological polar surface area (TPSA) is 96.0 Å². The third-order valence-electron chi connectivity index (χ3n) is 6.88. The number of carbonyl (C=O) groups is 2. The number of hydrogen-bond donors (Lipinski definition) is 1. The molecule has 0 aromatic heterocycles. The molecule has 0 saturated carbocycles. The zero-order chi connectivity index (χ0) is 31.0. The Morgan fingerprint density at radius 3 is 2.19 bits per heavy atom. The number of methoxy groups -OCH3 is 1. The van der Waals surface area contributed by atoms with Crippen molar-refractivity contribution in [1.82, 2.24) is 10.2 Å². The number of carbonyl (C=O) groups excluding carboxylic acids is 2. The van der Waals surface area contributed by atoms with E-state index in [0.717, 1.165) is 28.3 Å². The fourth-order valence-corrected chi connectivity index (χ4v) is 6.25. The number of anilines is 1. The molecular formula is C31H37Cl2N3O5S. The van der Waals surface area contributed by atoms with Crippen LogP contribution in [0.25, 0.3) is 0 Å². The Labute approximate surface area is 258 Å². The second-order valence-corrected chi connectivity index (χ2v) is 12.7. The van der Waals surface area contributed by atoms with Crippen LogP contribution in [0.15, 0.2) is 65.6 Å². The second kappa shape index (κ2) is 14.8. The van der Waals surface area contributed by atoms with Crippen LogP contribution in [0.4, 0.5) is 5.69 Å². The van der Waals surface area contributed by atoms with Crippen molar-refractivity contribution in [3.8, 4) is 5.75 Å². The van der Waals surface area contributed by atoms with E-state index in [9.17, 15) is 18.0 Å². The molecule has 11 heteroatoms. The maximum atomic E-state index is 14.2. The Morgan fingerprint density at radius 2 is 1.60 bits per heavy atom. The van der Waals surface area contributed by atoms with Crippen molar-refractivity contribution in [2.24, 2.45) is 0 Å². The van der Waals surface area contributed by atoms with Gasteiger partial charge in [0.15, 0.2) is 0 Å². The Balaban J connectivity index is 2.11. The van der Waals surface area contributed by atoms with Crippen molar-refractivity contribution < 1.29 is 22.7 Å². The summed E-state index contributed by atoms with van der Waals surface area (Å²) >= 11 is 12.9. The van der Waals surface area contributed by atoms with Gasteiger partial charge in [0.2, 0.25) is 11.8 Å². The SMILES string of the molecule is CCCCNC(=O)[C@@H](C)N(Cc1c(Cl)cccc1Cl)C(=O)CN(c1cc(C)ccc1OC)S(=O)(=O)c1ccc(C)cc1. The summed E-state index contributed by atoms with van der Waals surface area (Å²) in [5.74, 6) is -0.723. The number of amides is 2. The first-order valence-electron chi connectivity index (χ1n) is 13.6. The van der Waals surface area contributed by atoms with E-state index in [4.69, 9.17) is 27.9 Å². The van der Waals surface area contributed by atoms with E-state index < -0.39 is 28.5 Å². The molecule has 42 heavy (non-hydrogen) atoms. The average Bonchev–Trinajstić information content (AvgIpc) is 2.95. The number of rotatable bonds is 13. The van der Waals surface area contributed by atoms with E-state index in [1.54, 1.807) is 55.5 Å². The van der Waals surface area contributed by atoms with Gasteiger partial charge >= 0.3 is 0 Å². The largest absolute Gasteiger partial charge is 0.495 e. The fourth-order valence-electron chi connectivity index (χ4n) is 4.32. The lowest BCUT2D eigenvalue weighted by atomic mass is 10.1. The highest BCUT2D eigenvalue weighted by Gasteiger charge is 2.34. The van der Waals surface area contributed by atoms with Gasteiger partial charge in [-0.25, -0.2) is 8.42 Å². The number of nitrogens with zero attached hydrogens (tertiary/aromatic N) is 2. The molecule has 1 atom stereocenters. The van der Waals surface area contributed by atoms with Crippen molar-refractivity contribution in [2.75, 3.05) is 24.5 Å². The van der Waals surface area contributed by atoms with Gasteiger partial charge in [-0.1, -0.05) is 66.4 Å². The van der Waals surface area contributed by atoms with Gasteiger partial charge in [0, 0.05) is 28.7 Å². The number of unbranched alkanes of at least 4 members (excludes halogenated alkanes) is 1. The minimum absolute atomic E-state index is 0.00974. The van der Waals surface area contributed by atoms with E-state index >= 15 is 0 Å². The molecule has 3 aromatic carbocycles. The van der Waals surface area contributed by atoms with Gasteiger partial charge in [-0.05, 0) is 69.2 Å². The molecule has 8 nitrogen and oxygen atoms in total. The fraction of sp³-hybridized carbons (Fsp3) is 0.355. The van der Waals surface area contributed by atoms with Gasteiger partial charge < -0.3 is 15.0 Å². The molecule has 3 aromatic rings. The molecule has 2 amide bonds. The smallest absolute Gasteiger partial charge is 0.264 e. The first-order chi connectivity index (χ1) is 19.9. The van der Waals surface area contributed by atoms with E-state index in [-0.39, 0.29) is 28.8 Å². The molecule has 0 spiro atoms. The first kappa shape index (κ1) is 33.2. The maximum absolute atomic E-state index is 14.2. The zero-order valence-electron chi connectivity index (χ0n) is 24.5. The minimum Gasteiger partial charge on any atom is -0.495 e. The van der Waals surface area contributed by atoms with E-state index in [1.165, 1.54) is 24.1 Å². The third-order valence-corrected chi connectivity index (χ3v) is 9.36. The summed E-state index contributed by atoms with van der Waals surface area (Å²) in [4.78, 5) is 28.6. The highest BCUT2D eigenvalue weighted by molar-refractivity contribution is 7.92. The van der Waals surface area contributed by atoms with Crippen LogP contribution in [-0.4, -0.2) is 51.4 Å². The Kier molecular flexibility index (Phi) is 11.7. The lowest BCUT2D eigenvalue weighted by molar-refractivity contribution is -0.139. The summed E-state index contributed by atoms with van der Waals surface area (Å²) in [7, 11) is -2.82. The quantitative estimate of drug-likeness (QED) is 0.228. The number of sulfonamides is 1. The number of hydrogen-bond acceptors (Lipinski definition) is 5. The van der Waals surface area contributed by atoms with Gasteiger partial charge in [-0.3, -0.25) is 13.9 Å². The number of nitrogens with one attached hydrogen (secondary N) is 1. The predicted octanol–water partition coefficient (Wildman–Crippen LogP) is 6.15. The van der Waals surface area contributed by atoms with Crippen LogP contribution >= 0.6 is 23.2 Å². The van der Waals surface area contributed by atoms with Crippen LogP contribution in [0.3, 0.4) is 0 Å². The average molecular weight is 635 g/mol. The van der Waals surface area contributed by atoms with Crippen molar-refractivity contribution >= 4 is 50.7 Å². The van der Waals surface area contributed by atoms with E-state index in [0.29, 0.717) is 22.2 Å². The molecule has 0 saturated heterocycles. The molecule has 0 fully saturated rings. The molecule has 226 valence electrons. The highest BCUT2D eigenvalue weighted by Crippen LogP contribution is 2.34. The Bertz CT molecular complexity index is 1490. The van der Waals surface area contributed by atoms with Gasteiger partial charge in [0.05, 0.1) is 17.7 Å². The minimum atomic E-state index is -4.25. The number of halogens is 2. The van der Waals surface area contributed by atoms with Gasteiger partial charge in [-0.2, -0.15) is 0 Å². The second-order valence-electron chi connectivity index (χ2n) is 10.0. The standard InChI is InChI=1S/C31H37Cl2N3O5S/c1-6-7-17-34-31(38)23(4)35(19-25-26(32)9-8-10-27(25)33)30(37)20-36(28-18-22(3)13-16-29(28)41-5)42(39,40)24-14-11-21(2)12-15-24/h8-16,18,23H,6-7,17,19-20H2,1-5H3,(H,34,38)/t23-/m1/s1. The van der Waals surface area contributed by atoms with Crippen LogP contribution in [0.5, 0.6) is 5.75 Å². The number of aryl methyl sites for hydroxylation is 2. The lowest BCUT2D eigenvalue weighted by Crippen LogP contribution is -2.51. The summed E-state index contributed by atoms with van der Waals surface area (Å²) < 4.78 is 34.7. The molecule has 0 bridgehead atoms. The van der Waals surface area contributed by atoms with Gasteiger partial charge in [0.1, 0.15) is 18.3 Å². The van der Waals surface area contributed by atoms with Crippen molar-refractivity contribution in [1.29, 1.82) is 0 Å². The van der Waals surface area contributed by atoms with Gasteiger partial charge in [-0.15, -0.1) is 0 Å². The summed E-state index contributed by atoms with van der Waals surface area (Å²) in [6, 6.07) is 15.5. The summed E-state index contributed by atoms with van der Waals surface area (Å²) in [6.07, 6.45) is 1.66. The van der Waals surface area contributed by atoms with E-state index in [2.05, 4.69) is 5.32 Å². The maximum Gasteiger partial charge on any atom is 0.264 e. The number of benzene rings is 3. The van der Waals surface area contributed by atoms with Crippen molar-refractivity contribution in [3.63, 3.8) is 0 Å². The molecule has 1 N–H and O–H groups in total. The van der Waals surface area contributed by atoms with E-state index in [1.807, 2.05) is 20.8 Å². The molecule has 0 aliphatic heterocycles. The summed E-state index contributed by atoms with van der Waals surface area (Å²) in [5, 5.41) is 3.50. The van der Waals surface area contributed by atoms with Crippen LogP contribution in [0.2, 0.25) is 10.0 Å². The van der Waals surface area contributed by atoms with Crippen LogP contribution in [0, 0.1) is 13.8 Å². The normalized spacial score (nSPS) is 12.0. The monoisotopic (exact) mass is 633 g/mol. The van der Waals surface area contributed by atoms with Crippen LogP contribution in [0.1, 0.15) is 43.4 Å². The first-order valence-corrected chi connectivity index (χ1v) is 15.8. The molecule has 0 unspecified atom stereocenters. The van der Waals surface area contributed by atoms with Crippen molar-refractivity contribution in [2.45, 2.75) is 58.0 Å². The summed E-state index contributed by atoms with van der Waals surface area (Å²) in [6.45, 7) is 7.00. The Morgan fingerprint density at radius 1 is 0.976 bits per heavy atom. The number of ether oxygens (including phenoxy) is 1. The molecule has 0 aliphatic carbocycles. The van der Waals surface area contributed by atoms with Crippen LogP contribution in [-0.2, 0) is 26.2 Å². The van der Waals surface area contributed by atoms with Crippen LogP contribution < -0.4 is 14.4 Å².